The van der Waals surface area contributed by atoms with Crippen molar-refractivity contribution in [2.75, 3.05) is 6.54 Å². The normalized spacial score (nSPS) is 10.8. The van der Waals surface area contributed by atoms with Gasteiger partial charge in [0.1, 0.15) is 5.76 Å². The quantitative estimate of drug-likeness (QED) is 0.822. The molecule has 0 aliphatic carbocycles. The van der Waals surface area contributed by atoms with E-state index in [-0.39, 0.29) is 5.91 Å². The van der Waals surface area contributed by atoms with Crippen molar-refractivity contribution in [3.05, 3.63) is 47.2 Å². The Hall–Kier alpha value is -1.97. The molecule has 0 spiro atoms. The summed E-state index contributed by atoms with van der Waals surface area (Å²) in [6, 6.07) is 5.77. The van der Waals surface area contributed by atoms with Gasteiger partial charge in [-0.25, -0.2) is 0 Å². The van der Waals surface area contributed by atoms with Gasteiger partial charge in [0.2, 0.25) is 0 Å². The summed E-state index contributed by atoms with van der Waals surface area (Å²) in [7, 11) is 0. The Labute approximate surface area is 119 Å². The molecule has 0 atom stereocenters. The number of amides is 1. The second-order valence-electron chi connectivity index (χ2n) is 5.06. The summed E-state index contributed by atoms with van der Waals surface area (Å²) in [4.78, 5) is 12.2. The van der Waals surface area contributed by atoms with Gasteiger partial charge in [0, 0.05) is 17.9 Å². The van der Waals surface area contributed by atoms with Crippen LogP contribution in [0.25, 0.3) is 0 Å². The van der Waals surface area contributed by atoms with Crippen molar-refractivity contribution >= 4 is 5.91 Å². The van der Waals surface area contributed by atoms with Crippen LogP contribution in [0, 0.1) is 13.8 Å². The van der Waals surface area contributed by atoms with Crippen molar-refractivity contribution in [1.82, 2.24) is 9.88 Å². The van der Waals surface area contributed by atoms with E-state index in [0.29, 0.717) is 6.54 Å². The Morgan fingerprint density at radius 3 is 2.85 bits per heavy atom. The second-order valence-corrected chi connectivity index (χ2v) is 5.06. The number of aromatic nitrogens is 1. The molecule has 0 aromatic carbocycles. The summed E-state index contributed by atoms with van der Waals surface area (Å²) in [5, 5.41) is 2.96. The average Bonchev–Trinajstić information content (AvgIpc) is 3.02. The standard InChI is InChI=1S/C16H22N2O2/c1-4-5-8-17-16(19)15-10-12(2)18(13(15)3)11-14-7-6-9-20-14/h6-7,9-10H,4-5,8,11H2,1-3H3,(H,17,19). The summed E-state index contributed by atoms with van der Waals surface area (Å²) in [5.74, 6) is 0.905. The van der Waals surface area contributed by atoms with Gasteiger partial charge in [0.25, 0.3) is 5.91 Å². The molecule has 2 aromatic rings. The molecule has 1 N–H and O–H groups in total. The zero-order chi connectivity index (χ0) is 14.5. The number of nitrogens with zero attached hydrogens (tertiary/aromatic N) is 1. The van der Waals surface area contributed by atoms with Crippen LogP contribution in [-0.4, -0.2) is 17.0 Å². The van der Waals surface area contributed by atoms with Crippen LogP contribution in [0.4, 0.5) is 0 Å². The molecule has 0 unspecified atom stereocenters. The van der Waals surface area contributed by atoms with Crippen molar-refractivity contribution < 1.29 is 9.21 Å². The SMILES string of the molecule is CCCCNC(=O)c1cc(C)n(Cc2ccco2)c1C. The highest BCUT2D eigenvalue weighted by atomic mass is 16.3. The second kappa shape index (κ2) is 6.46. The summed E-state index contributed by atoms with van der Waals surface area (Å²) in [5.41, 5.74) is 2.80. The monoisotopic (exact) mass is 274 g/mol. The van der Waals surface area contributed by atoms with Gasteiger partial charge >= 0.3 is 0 Å². The fraction of sp³-hybridized carbons (Fsp3) is 0.438. The van der Waals surface area contributed by atoms with Gasteiger partial charge in [0.05, 0.1) is 18.4 Å². The summed E-state index contributed by atoms with van der Waals surface area (Å²) < 4.78 is 7.48. The van der Waals surface area contributed by atoms with Gasteiger partial charge in [0.15, 0.2) is 0 Å². The molecule has 0 saturated carbocycles. The fourth-order valence-electron chi connectivity index (χ4n) is 2.31. The molecular formula is C16H22N2O2. The number of furan rings is 1. The maximum Gasteiger partial charge on any atom is 0.253 e. The molecule has 2 heterocycles. The van der Waals surface area contributed by atoms with Gasteiger partial charge in [-0.15, -0.1) is 0 Å². The Balaban J connectivity index is 2.13. The number of carbonyl (C=O) groups is 1. The lowest BCUT2D eigenvalue weighted by atomic mass is 10.2. The predicted octanol–water partition coefficient (Wildman–Crippen LogP) is 3.28. The highest BCUT2D eigenvalue weighted by molar-refractivity contribution is 5.95. The van der Waals surface area contributed by atoms with Crippen LogP contribution >= 0.6 is 0 Å². The average molecular weight is 274 g/mol. The van der Waals surface area contributed by atoms with E-state index in [2.05, 4.69) is 16.8 Å². The lowest BCUT2D eigenvalue weighted by molar-refractivity contribution is 0.0952. The molecule has 2 aromatic heterocycles. The van der Waals surface area contributed by atoms with E-state index in [1.54, 1.807) is 6.26 Å². The minimum atomic E-state index is 0.0113. The number of hydrogen-bond donors (Lipinski definition) is 1. The lowest BCUT2D eigenvalue weighted by Crippen LogP contribution is -2.24. The minimum absolute atomic E-state index is 0.0113. The number of rotatable bonds is 6. The molecule has 0 aliphatic heterocycles. The number of unbranched alkanes of at least 4 members (excludes halogenated alkanes) is 1. The highest BCUT2D eigenvalue weighted by Gasteiger charge is 2.15. The predicted molar refractivity (Wildman–Crippen MR) is 79.0 cm³/mol. The maximum absolute atomic E-state index is 12.2. The van der Waals surface area contributed by atoms with Gasteiger partial charge in [-0.1, -0.05) is 13.3 Å². The van der Waals surface area contributed by atoms with Crippen molar-refractivity contribution in [3.63, 3.8) is 0 Å². The van der Waals surface area contributed by atoms with Crippen molar-refractivity contribution in [2.45, 2.75) is 40.2 Å². The number of hydrogen-bond acceptors (Lipinski definition) is 2. The molecule has 0 saturated heterocycles. The van der Waals surface area contributed by atoms with E-state index >= 15 is 0 Å². The molecule has 4 heteroatoms. The molecule has 0 fully saturated rings. The smallest absolute Gasteiger partial charge is 0.253 e. The molecule has 20 heavy (non-hydrogen) atoms. The Kier molecular flexibility index (Phi) is 4.66. The van der Waals surface area contributed by atoms with Crippen LogP contribution in [0.3, 0.4) is 0 Å². The highest BCUT2D eigenvalue weighted by Crippen LogP contribution is 2.17. The molecule has 2 rings (SSSR count). The van der Waals surface area contributed by atoms with Crippen LogP contribution < -0.4 is 5.32 Å². The minimum Gasteiger partial charge on any atom is -0.467 e. The summed E-state index contributed by atoms with van der Waals surface area (Å²) >= 11 is 0. The lowest BCUT2D eigenvalue weighted by Gasteiger charge is -2.08. The Morgan fingerprint density at radius 2 is 2.20 bits per heavy atom. The third-order valence-electron chi connectivity index (χ3n) is 3.53. The number of carbonyl (C=O) groups excluding carboxylic acids is 1. The number of aryl methyl sites for hydroxylation is 1. The van der Waals surface area contributed by atoms with E-state index in [0.717, 1.165) is 42.1 Å². The van der Waals surface area contributed by atoms with Gasteiger partial charge in [-0.3, -0.25) is 4.79 Å². The molecule has 0 aliphatic rings. The molecular weight excluding hydrogens is 252 g/mol. The van der Waals surface area contributed by atoms with Gasteiger partial charge in [-0.2, -0.15) is 0 Å². The first-order valence-electron chi connectivity index (χ1n) is 7.10. The molecule has 0 radical (unpaired) electrons. The zero-order valence-corrected chi connectivity index (χ0v) is 12.4. The maximum atomic E-state index is 12.2. The topological polar surface area (TPSA) is 47.2 Å². The van der Waals surface area contributed by atoms with Crippen LogP contribution in [0.5, 0.6) is 0 Å². The molecule has 4 nitrogen and oxygen atoms in total. The number of nitrogens with one attached hydrogen (secondary N) is 1. The van der Waals surface area contributed by atoms with Gasteiger partial charge in [-0.05, 0) is 38.5 Å². The molecule has 1 amide bonds. The van der Waals surface area contributed by atoms with E-state index in [1.807, 2.05) is 32.0 Å². The summed E-state index contributed by atoms with van der Waals surface area (Å²) in [6.45, 7) is 7.49. The van der Waals surface area contributed by atoms with Crippen molar-refractivity contribution in [3.8, 4) is 0 Å². The van der Waals surface area contributed by atoms with Crippen LogP contribution in [-0.2, 0) is 6.54 Å². The largest absolute Gasteiger partial charge is 0.467 e. The van der Waals surface area contributed by atoms with Crippen molar-refractivity contribution in [2.24, 2.45) is 0 Å². The van der Waals surface area contributed by atoms with E-state index in [4.69, 9.17) is 4.42 Å². The third kappa shape index (κ3) is 3.13. The van der Waals surface area contributed by atoms with Crippen LogP contribution in [0.1, 0.15) is 47.3 Å². The molecule has 0 bridgehead atoms. The van der Waals surface area contributed by atoms with E-state index in [1.165, 1.54) is 0 Å². The van der Waals surface area contributed by atoms with E-state index < -0.39 is 0 Å². The van der Waals surface area contributed by atoms with Crippen LogP contribution in [0.15, 0.2) is 28.9 Å². The molecule has 108 valence electrons. The first-order chi connectivity index (χ1) is 9.63. The fourth-order valence-corrected chi connectivity index (χ4v) is 2.31. The van der Waals surface area contributed by atoms with Crippen molar-refractivity contribution in [1.29, 1.82) is 0 Å². The summed E-state index contributed by atoms with van der Waals surface area (Å²) in [6.07, 6.45) is 3.76. The van der Waals surface area contributed by atoms with Gasteiger partial charge < -0.3 is 14.3 Å². The van der Waals surface area contributed by atoms with E-state index in [9.17, 15) is 4.79 Å². The zero-order valence-electron chi connectivity index (χ0n) is 12.4. The first kappa shape index (κ1) is 14.4. The Morgan fingerprint density at radius 1 is 1.40 bits per heavy atom. The Bertz CT molecular complexity index is 568. The van der Waals surface area contributed by atoms with Crippen LogP contribution in [0.2, 0.25) is 0 Å². The first-order valence-corrected chi connectivity index (χ1v) is 7.10. The third-order valence-corrected chi connectivity index (χ3v) is 3.53.